The normalized spacial score (nSPS) is 25.7. The van der Waals surface area contributed by atoms with E-state index in [1.165, 1.54) is 6.07 Å². The third kappa shape index (κ3) is 2.54. The number of nitrogens with one attached hydrogen (secondary N) is 1. The van der Waals surface area contributed by atoms with Crippen molar-refractivity contribution in [1.82, 2.24) is 5.32 Å². The van der Waals surface area contributed by atoms with Crippen molar-refractivity contribution in [2.24, 2.45) is 0 Å². The number of methoxy groups -OCH3 is 1. The minimum Gasteiger partial charge on any atom is -0.480 e. The first-order valence-corrected chi connectivity index (χ1v) is 6.19. The van der Waals surface area contributed by atoms with Gasteiger partial charge < -0.3 is 14.8 Å². The van der Waals surface area contributed by atoms with Crippen LogP contribution >= 0.6 is 0 Å². The first kappa shape index (κ1) is 13.8. The molecule has 0 bridgehead atoms. The predicted octanol–water partition coefficient (Wildman–Crippen LogP) is 1.66. The maximum atomic E-state index is 11.0. The van der Waals surface area contributed by atoms with Crippen molar-refractivity contribution in [1.29, 1.82) is 0 Å². The van der Waals surface area contributed by atoms with E-state index >= 15 is 0 Å². The molecule has 6 heteroatoms. The summed E-state index contributed by atoms with van der Waals surface area (Å²) < 4.78 is 11.2. The molecule has 2 rings (SSSR count). The molecule has 3 atom stereocenters. The summed E-state index contributed by atoms with van der Waals surface area (Å²) in [4.78, 5) is 10.6. The van der Waals surface area contributed by atoms with Crippen molar-refractivity contribution in [3.8, 4) is 5.75 Å². The monoisotopic (exact) mass is 266 g/mol. The minimum atomic E-state index is -0.418. The fourth-order valence-electron chi connectivity index (χ4n) is 2.38. The summed E-state index contributed by atoms with van der Waals surface area (Å²) in [5, 5.41) is 14.1. The topological polar surface area (TPSA) is 73.6 Å². The van der Waals surface area contributed by atoms with E-state index in [0.29, 0.717) is 5.75 Å². The Hall–Kier alpha value is -1.66. The van der Waals surface area contributed by atoms with Crippen LogP contribution in [0.4, 0.5) is 5.69 Å². The number of aryl methyl sites for hydroxylation is 1. The summed E-state index contributed by atoms with van der Waals surface area (Å²) in [5.74, 6) is 0.342. The van der Waals surface area contributed by atoms with Gasteiger partial charge in [-0.3, -0.25) is 10.1 Å². The van der Waals surface area contributed by atoms with Gasteiger partial charge in [-0.05, 0) is 19.5 Å². The molecule has 0 radical (unpaired) electrons. The van der Waals surface area contributed by atoms with Gasteiger partial charge in [0.2, 0.25) is 0 Å². The zero-order chi connectivity index (χ0) is 14.0. The summed E-state index contributed by atoms with van der Waals surface area (Å²) in [6.07, 6.45) is 0.548. The summed E-state index contributed by atoms with van der Waals surface area (Å²) in [5.41, 5.74) is 0.764. The van der Waals surface area contributed by atoms with Gasteiger partial charge in [-0.25, -0.2) is 0 Å². The quantitative estimate of drug-likeness (QED) is 0.648. The van der Waals surface area contributed by atoms with E-state index in [-0.39, 0.29) is 23.9 Å². The lowest BCUT2D eigenvalue weighted by molar-refractivity contribution is -0.386. The highest BCUT2D eigenvalue weighted by molar-refractivity contribution is 5.51. The van der Waals surface area contributed by atoms with Gasteiger partial charge in [-0.15, -0.1) is 0 Å². The lowest BCUT2D eigenvalue weighted by Gasteiger charge is -2.42. The Morgan fingerprint density at radius 3 is 2.79 bits per heavy atom. The number of nitro benzene ring substituents is 1. The third-order valence-corrected chi connectivity index (χ3v) is 3.55. The Labute approximate surface area is 111 Å². The van der Waals surface area contributed by atoms with Gasteiger partial charge in [0.25, 0.3) is 0 Å². The summed E-state index contributed by atoms with van der Waals surface area (Å²) in [7, 11) is 3.49. The van der Waals surface area contributed by atoms with Gasteiger partial charge in [0, 0.05) is 25.6 Å². The van der Waals surface area contributed by atoms with E-state index in [9.17, 15) is 10.1 Å². The summed E-state index contributed by atoms with van der Waals surface area (Å²) in [6.45, 7) is 1.80. The Kier molecular flexibility index (Phi) is 4.01. The number of hydrogen-bond acceptors (Lipinski definition) is 5. The van der Waals surface area contributed by atoms with Gasteiger partial charge in [-0.2, -0.15) is 0 Å². The molecule has 0 saturated heterocycles. The predicted molar refractivity (Wildman–Crippen MR) is 70.5 cm³/mol. The number of nitro groups is 1. The molecule has 1 aromatic carbocycles. The molecule has 0 spiro atoms. The van der Waals surface area contributed by atoms with E-state index < -0.39 is 4.92 Å². The zero-order valence-corrected chi connectivity index (χ0v) is 11.3. The maximum absolute atomic E-state index is 11.0. The molecule has 6 nitrogen and oxygen atoms in total. The molecule has 1 aliphatic carbocycles. The molecule has 0 aromatic heterocycles. The smallest absolute Gasteiger partial charge is 0.311 e. The molecule has 1 fully saturated rings. The molecule has 0 aliphatic heterocycles. The van der Waals surface area contributed by atoms with Crippen LogP contribution < -0.4 is 10.1 Å². The van der Waals surface area contributed by atoms with Crippen LogP contribution in [0, 0.1) is 17.0 Å². The van der Waals surface area contributed by atoms with E-state index in [1.807, 2.05) is 7.05 Å². The van der Waals surface area contributed by atoms with Crippen LogP contribution in [0.3, 0.4) is 0 Å². The van der Waals surface area contributed by atoms with E-state index in [0.717, 1.165) is 12.0 Å². The second kappa shape index (κ2) is 5.54. The summed E-state index contributed by atoms with van der Waals surface area (Å²) in [6, 6.07) is 5.15. The van der Waals surface area contributed by atoms with Crippen LogP contribution in [0.5, 0.6) is 5.75 Å². The number of para-hydroxylation sites is 1. The molecule has 1 aromatic rings. The van der Waals surface area contributed by atoms with Crippen LogP contribution in [0.1, 0.15) is 12.0 Å². The largest absolute Gasteiger partial charge is 0.480 e. The lowest BCUT2D eigenvalue weighted by Crippen LogP contribution is -2.60. The van der Waals surface area contributed by atoms with Crippen molar-refractivity contribution in [2.45, 2.75) is 31.6 Å². The first-order chi connectivity index (χ1) is 9.08. The van der Waals surface area contributed by atoms with E-state index in [2.05, 4.69) is 5.32 Å². The molecule has 0 amide bonds. The van der Waals surface area contributed by atoms with Gasteiger partial charge >= 0.3 is 5.69 Å². The third-order valence-electron chi connectivity index (χ3n) is 3.55. The van der Waals surface area contributed by atoms with Gasteiger partial charge in [-0.1, -0.05) is 12.1 Å². The zero-order valence-electron chi connectivity index (χ0n) is 11.3. The summed E-state index contributed by atoms with van der Waals surface area (Å²) >= 11 is 0. The molecule has 19 heavy (non-hydrogen) atoms. The van der Waals surface area contributed by atoms with Crippen molar-refractivity contribution in [3.63, 3.8) is 0 Å². The van der Waals surface area contributed by atoms with Crippen LogP contribution in [-0.2, 0) is 4.74 Å². The highest BCUT2D eigenvalue weighted by atomic mass is 16.6. The van der Waals surface area contributed by atoms with Crippen molar-refractivity contribution in [3.05, 3.63) is 33.9 Å². The Morgan fingerprint density at radius 2 is 2.21 bits per heavy atom. The van der Waals surface area contributed by atoms with E-state index in [4.69, 9.17) is 9.47 Å². The molecule has 1 N–H and O–H groups in total. The van der Waals surface area contributed by atoms with Crippen molar-refractivity contribution in [2.75, 3.05) is 14.2 Å². The van der Waals surface area contributed by atoms with E-state index in [1.54, 1.807) is 26.2 Å². The second-order valence-electron chi connectivity index (χ2n) is 4.67. The highest BCUT2D eigenvalue weighted by Gasteiger charge is 2.43. The van der Waals surface area contributed by atoms with Gasteiger partial charge in [0.15, 0.2) is 5.75 Å². The molecule has 3 unspecified atom stereocenters. The van der Waals surface area contributed by atoms with Crippen molar-refractivity contribution < 1.29 is 14.4 Å². The number of hydrogen-bond donors (Lipinski definition) is 1. The number of nitrogens with zero attached hydrogens (tertiary/aromatic N) is 1. The molecule has 0 heterocycles. The second-order valence-corrected chi connectivity index (χ2v) is 4.67. The van der Waals surface area contributed by atoms with Crippen LogP contribution in [-0.4, -0.2) is 37.3 Å². The number of benzene rings is 1. The fraction of sp³-hybridized carbons (Fsp3) is 0.538. The molecular weight excluding hydrogens is 248 g/mol. The molecule has 104 valence electrons. The lowest BCUT2D eigenvalue weighted by atomic mass is 9.85. The fourth-order valence-corrected chi connectivity index (χ4v) is 2.38. The van der Waals surface area contributed by atoms with Gasteiger partial charge in [0.05, 0.1) is 4.92 Å². The van der Waals surface area contributed by atoms with Crippen LogP contribution in [0.2, 0.25) is 0 Å². The molecular formula is C13H18N2O4. The average Bonchev–Trinajstić information content (AvgIpc) is 2.35. The number of likely N-dealkylation sites (N-methyl/N-ethyl adjacent to an activating group) is 1. The molecule has 1 aliphatic rings. The highest BCUT2D eigenvalue weighted by Crippen LogP contribution is 2.35. The maximum Gasteiger partial charge on any atom is 0.311 e. The van der Waals surface area contributed by atoms with Crippen LogP contribution in [0.25, 0.3) is 0 Å². The SMILES string of the molecule is CNC1CC(Oc2c(C)cccc2[N+](=O)[O-])C1OC. The number of rotatable bonds is 5. The Morgan fingerprint density at radius 1 is 1.47 bits per heavy atom. The van der Waals surface area contributed by atoms with Crippen molar-refractivity contribution >= 4 is 5.69 Å². The Balaban J connectivity index is 2.18. The Bertz CT molecular complexity index is 478. The van der Waals surface area contributed by atoms with Gasteiger partial charge in [0.1, 0.15) is 12.2 Å². The first-order valence-electron chi connectivity index (χ1n) is 6.19. The number of ether oxygens (including phenoxy) is 2. The average molecular weight is 266 g/mol. The standard InChI is InChI=1S/C13H18N2O4/c1-8-5-4-6-10(15(16)17)12(8)19-11-7-9(14-2)13(11)18-3/h4-6,9,11,13-14H,7H2,1-3H3. The minimum absolute atomic E-state index is 0.00256. The van der Waals surface area contributed by atoms with Crippen LogP contribution in [0.15, 0.2) is 18.2 Å². The molecule has 1 saturated carbocycles.